The molecule has 0 bridgehead atoms. The Hall–Kier alpha value is -0.940. The Labute approximate surface area is 89.0 Å². The fourth-order valence-corrected chi connectivity index (χ4v) is 1.90. The van der Waals surface area contributed by atoms with Crippen LogP contribution in [0.5, 0.6) is 0 Å². The standard InChI is InChI=1S/C10H17N3O2/c1-13-7-8(11-12-13)6-9(14)10-4-2-3-5-15-10/h7,9-10,14H,2-6H2,1H3. The molecule has 2 rings (SSSR count). The molecule has 1 aromatic heterocycles. The van der Waals surface area contributed by atoms with Crippen molar-refractivity contribution in [2.45, 2.75) is 37.9 Å². The summed E-state index contributed by atoms with van der Waals surface area (Å²) in [5, 5.41) is 17.7. The molecule has 2 unspecified atom stereocenters. The number of rotatable bonds is 3. The second-order valence-electron chi connectivity index (χ2n) is 4.06. The minimum absolute atomic E-state index is 0.0271. The number of aliphatic hydroxyl groups excluding tert-OH is 1. The quantitative estimate of drug-likeness (QED) is 0.780. The van der Waals surface area contributed by atoms with Crippen LogP contribution in [-0.2, 0) is 18.2 Å². The van der Waals surface area contributed by atoms with Crippen LogP contribution in [0.3, 0.4) is 0 Å². The summed E-state index contributed by atoms with van der Waals surface area (Å²) in [6.07, 6.45) is 5.06. The summed E-state index contributed by atoms with van der Waals surface area (Å²) >= 11 is 0. The molecule has 1 aliphatic heterocycles. The molecule has 5 nitrogen and oxygen atoms in total. The topological polar surface area (TPSA) is 60.2 Å². The van der Waals surface area contributed by atoms with Gasteiger partial charge in [0.25, 0.3) is 0 Å². The lowest BCUT2D eigenvalue weighted by molar-refractivity contribution is -0.0614. The number of aromatic nitrogens is 3. The summed E-state index contributed by atoms with van der Waals surface area (Å²) < 4.78 is 7.16. The van der Waals surface area contributed by atoms with Gasteiger partial charge in [0.2, 0.25) is 0 Å². The van der Waals surface area contributed by atoms with Crippen LogP contribution in [0.2, 0.25) is 0 Å². The molecule has 5 heteroatoms. The minimum atomic E-state index is -0.456. The summed E-state index contributed by atoms with van der Waals surface area (Å²) in [6, 6.07) is 0. The number of hydrogen-bond acceptors (Lipinski definition) is 4. The van der Waals surface area contributed by atoms with Crippen LogP contribution in [0.1, 0.15) is 25.0 Å². The third-order valence-electron chi connectivity index (χ3n) is 2.71. The zero-order chi connectivity index (χ0) is 10.7. The highest BCUT2D eigenvalue weighted by molar-refractivity contribution is 4.95. The normalized spacial score (nSPS) is 24.0. The van der Waals surface area contributed by atoms with Crippen LogP contribution in [0, 0.1) is 0 Å². The molecule has 1 saturated heterocycles. The molecular weight excluding hydrogens is 194 g/mol. The highest BCUT2D eigenvalue weighted by atomic mass is 16.5. The second-order valence-corrected chi connectivity index (χ2v) is 4.06. The van der Waals surface area contributed by atoms with Crippen molar-refractivity contribution in [3.8, 4) is 0 Å². The van der Waals surface area contributed by atoms with Crippen LogP contribution in [0.15, 0.2) is 6.20 Å². The fourth-order valence-electron chi connectivity index (χ4n) is 1.90. The molecule has 0 saturated carbocycles. The Morgan fingerprint density at radius 3 is 3.13 bits per heavy atom. The van der Waals surface area contributed by atoms with E-state index in [2.05, 4.69) is 10.3 Å². The van der Waals surface area contributed by atoms with Gasteiger partial charge < -0.3 is 9.84 Å². The average Bonchev–Trinajstić information content (AvgIpc) is 2.65. The zero-order valence-corrected chi connectivity index (χ0v) is 8.96. The first-order chi connectivity index (χ1) is 7.25. The molecule has 0 aliphatic carbocycles. The molecule has 0 radical (unpaired) electrons. The Kier molecular flexibility index (Phi) is 3.33. The lowest BCUT2D eigenvalue weighted by Gasteiger charge is -2.26. The van der Waals surface area contributed by atoms with Crippen molar-refractivity contribution in [2.75, 3.05) is 6.61 Å². The maximum atomic E-state index is 9.93. The van der Waals surface area contributed by atoms with Gasteiger partial charge in [-0.2, -0.15) is 0 Å². The fraction of sp³-hybridized carbons (Fsp3) is 0.800. The maximum absolute atomic E-state index is 9.93. The maximum Gasteiger partial charge on any atom is 0.0858 e. The van der Waals surface area contributed by atoms with Crippen molar-refractivity contribution in [2.24, 2.45) is 7.05 Å². The highest BCUT2D eigenvalue weighted by Gasteiger charge is 2.23. The minimum Gasteiger partial charge on any atom is -0.390 e. The van der Waals surface area contributed by atoms with Crippen molar-refractivity contribution in [3.05, 3.63) is 11.9 Å². The first kappa shape index (κ1) is 10.6. The lowest BCUT2D eigenvalue weighted by atomic mass is 10.0. The largest absolute Gasteiger partial charge is 0.390 e. The Balaban J connectivity index is 1.88. The lowest BCUT2D eigenvalue weighted by Crippen LogP contribution is -2.33. The van der Waals surface area contributed by atoms with E-state index in [0.717, 1.165) is 31.6 Å². The monoisotopic (exact) mass is 211 g/mol. The summed E-state index contributed by atoms with van der Waals surface area (Å²) in [5.41, 5.74) is 0.819. The number of aliphatic hydroxyl groups is 1. The van der Waals surface area contributed by atoms with Crippen molar-refractivity contribution in [1.29, 1.82) is 0 Å². The summed E-state index contributed by atoms with van der Waals surface area (Å²) in [4.78, 5) is 0. The van der Waals surface area contributed by atoms with Gasteiger partial charge in [-0.05, 0) is 19.3 Å². The molecule has 1 fully saturated rings. The second kappa shape index (κ2) is 4.72. The van der Waals surface area contributed by atoms with Crippen LogP contribution in [-0.4, -0.2) is 38.9 Å². The summed E-state index contributed by atoms with van der Waals surface area (Å²) in [6.45, 7) is 0.766. The SMILES string of the molecule is Cn1cc(CC(O)C2CCCCO2)nn1. The first-order valence-corrected chi connectivity index (χ1v) is 5.40. The highest BCUT2D eigenvalue weighted by Crippen LogP contribution is 2.17. The molecule has 0 spiro atoms. The van der Waals surface area contributed by atoms with Gasteiger partial charge in [0.15, 0.2) is 0 Å². The van der Waals surface area contributed by atoms with Crippen LogP contribution in [0.4, 0.5) is 0 Å². The molecule has 2 atom stereocenters. The summed E-state index contributed by atoms with van der Waals surface area (Å²) in [7, 11) is 1.82. The van der Waals surface area contributed by atoms with E-state index >= 15 is 0 Å². The van der Waals surface area contributed by atoms with E-state index in [0.29, 0.717) is 6.42 Å². The molecule has 0 aromatic carbocycles. The predicted octanol–water partition coefficient (Wildman–Crippen LogP) is 0.288. The Morgan fingerprint density at radius 1 is 1.67 bits per heavy atom. The van der Waals surface area contributed by atoms with Crippen LogP contribution in [0.25, 0.3) is 0 Å². The van der Waals surface area contributed by atoms with E-state index in [1.165, 1.54) is 0 Å². The Bertz CT molecular complexity index is 307. The van der Waals surface area contributed by atoms with E-state index < -0.39 is 6.10 Å². The molecule has 2 heterocycles. The zero-order valence-electron chi connectivity index (χ0n) is 8.96. The summed E-state index contributed by atoms with van der Waals surface area (Å²) in [5.74, 6) is 0. The molecular formula is C10H17N3O2. The van der Waals surface area contributed by atoms with Gasteiger partial charge in [0, 0.05) is 26.3 Å². The van der Waals surface area contributed by atoms with Crippen molar-refractivity contribution < 1.29 is 9.84 Å². The van der Waals surface area contributed by atoms with E-state index in [4.69, 9.17) is 4.74 Å². The number of hydrogen-bond donors (Lipinski definition) is 1. The van der Waals surface area contributed by atoms with Gasteiger partial charge in [0.05, 0.1) is 17.9 Å². The van der Waals surface area contributed by atoms with Gasteiger partial charge in [-0.1, -0.05) is 5.21 Å². The van der Waals surface area contributed by atoms with Gasteiger partial charge >= 0.3 is 0 Å². The van der Waals surface area contributed by atoms with E-state index in [9.17, 15) is 5.11 Å². The van der Waals surface area contributed by atoms with Crippen LogP contribution >= 0.6 is 0 Å². The number of aryl methyl sites for hydroxylation is 1. The van der Waals surface area contributed by atoms with Gasteiger partial charge in [-0.3, -0.25) is 4.68 Å². The smallest absolute Gasteiger partial charge is 0.0858 e. The predicted molar refractivity (Wildman–Crippen MR) is 54.3 cm³/mol. The molecule has 1 aliphatic rings. The van der Waals surface area contributed by atoms with Gasteiger partial charge in [-0.15, -0.1) is 5.10 Å². The third-order valence-corrected chi connectivity index (χ3v) is 2.71. The molecule has 15 heavy (non-hydrogen) atoms. The van der Waals surface area contributed by atoms with Gasteiger partial charge in [-0.25, -0.2) is 0 Å². The van der Waals surface area contributed by atoms with Crippen LogP contribution < -0.4 is 0 Å². The van der Waals surface area contributed by atoms with E-state index in [1.807, 2.05) is 13.2 Å². The van der Waals surface area contributed by atoms with E-state index in [-0.39, 0.29) is 6.10 Å². The van der Waals surface area contributed by atoms with Crippen molar-refractivity contribution >= 4 is 0 Å². The molecule has 84 valence electrons. The molecule has 0 amide bonds. The molecule has 1 aromatic rings. The first-order valence-electron chi connectivity index (χ1n) is 5.40. The average molecular weight is 211 g/mol. The van der Waals surface area contributed by atoms with Crippen molar-refractivity contribution in [1.82, 2.24) is 15.0 Å². The molecule has 1 N–H and O–H groups in total. The Morgan fingerprint density at radius 2 is 2.53 bits per heavy atom. The number of ether oxygens (including phenoxy) is 1. The third kappa shape index (κ3) is 2.76. The number of nitrogens with zero attached hydrogens (tertiary/aromatic N) is 3. The van der Waals surface area contributed by atoms with Gasteiger partial charge in [0.1, 0.15) is 0 Å². The van der Waals surface area contributed by atoms with E-state index in [1.54, 1.807) is 4.68 Å². The van der Waals surface area contributed by atoms with Crippen molar-refractivity contribution in [3.63, 3.8) is 0 Å².